The van der Waals surface area contributed by atoms with Crippen LogP contribution >= 0.6 is 34.8 Å². The molecule has 6 nitrogen and oxygen atoms in total. The molecule has 2 aromatic heterocycles. The van der Waals surface area contributed by atoms with Crippen LogP contribution in [0, 0.1) is 0 Å². The molecule has 0 N–H and O–H groups in total. The van der Waals surface area contributed by atoms with E-state index in [9.17, 15) is 13.2 Å². The Morgan fingerprint density at radius 3 is 2.47 bits per heavy atom. The van der Waals surface area contributed by atoms with Crippen LogP contribution in [-0.2, 0) is 13.2 Å². The zero-order chi connectivity index (χ0) is 24.7. The SMILES string of the molecule is Cn1nccc1-c1cc(OCC=C(Cl)Cl)cc(Cl)c1OCCCOc1ccc(C(F)(F)F)cn1. The number of hydrogen-bond acceptors (Lipinski definition) is 5. The van der Waals surface area contributed by atoms with Crippen LogP contribution in [0.2, 0.25) is 5.02 Å². The number of nitrogens with zero attached hydrogens (tertiary/aromatic N) is 3. The minimum absolute atomic E-state index is 0.0895. The molecular formula is C22H19Cl3F3N3O3. The van der Waals surface area contributed by atoms with Crippen molar-refractivity contribution in [2.75, 3.05) is 19.8 Å². The number of hydrogen-bond donors (Lipinski definition) is 0. The molecule has 1 aromatic carbocycles. The van der Waals surface area contributed by atoms with Crippen molar-refractivity contribution in [3.8, 4) is 28.6 Å². The lowest BCUT2D eigenvalue weighted by Gasteiger charge is -2.16. The van der Waals surface area contributed by atoms with Gasteiger partial charge < -0.3 is 14.2 Å². The van der Waals surface area contributed by atoms with Crippen molar-refractivity contribution >= 4 is 34.8 Å². The van der Waals surface area contributed by atoms with Crippen molar-refractivity contribution < 1.29 is 27.4 Å². The molecule has 0 radical (unpaired) electrons. The van der Waals surface area contributed by atoms with Crippen LogP contribution in [0.3, 0.4) is 0 Å². The summed E-state index contributed by atoms with van der Waals surface area (Å²) < 4.78 is 56.5. The Bertz CT molecular complexity index is 1130. The summed E-state index contributed by atoms with van der Waals surface area (Å²) >= 11 is 17.7. The van der Waals surface area contributed by atoms with Gasteiger partial charge in [0.05, 0.1) is 29.5 Å². The molecule has 0 fully saturated rings. The van der Waals surface area contributed by atoms with Crippen LogP contribution in [0.25, 0.3) is 11.3 Å². The van der Waals surface area contributed by atoms with Crippen molar-refractivity contribution in [1.29, 1.82) is 0 Å². The lowest BCUT2D eigenvalue weighted by molar-refractivity contribution is -0.137. The standard InChI is InChI=1S/C22H19Cl3F3N3O3/c1-31-18(5-7-30-31)16-11-15(32-10-6-19(24)25)12-17(23)21(16)34-9-2-8-33-20-4-3-14(13-29-20)22(26,27)28/h3-7,11-13H,2,8-10H2,1H3. The van der Waals surface area contributed by atoms with Gasteiger partial charge in [0, 0.05) is 43.6 Å². The molecule has 3 rings (SSSR count). The van der Waals surface area contributed by atoms with E-state index in [0.29, 0.717) is 28.5 Å². The van der Waals surface area contributed by atoms with E-state index in [4.69, 9.17) is 49.0 Å². The minimum atomic E-state index is -4.45. The van der Waals surface area contributed by atoms with E-state index in [2.05, 4.69) is 10.1 Å². The normalized spacial score (nSPS) is 11.3. The zero-order valence-corrected chi connectivity index (χ0v) is 20.0. The molecule has 0 aliphatic carbocycles. The largest absolute Gasteiger partial charge is 0.491 e. The van der Waals surface area contributed by atoms with E-state index in [1.54, 1.807) is 36.1 Å². The van der Waals surface area contributed by atoms with E-state index in [1.807, 2.05) is 0 Å². The highest BCUT2D eigenvalue weighted by atomic mass is 35.5. The molecule has 0 spiro atoms. The third kappa shape index (κ3) is 7.19. The number of alkyl halides is 3. The molecule has 2 heterocycles. The van der Waals surface area contributed by atoms with Crippen LogP contribution in [0.1, 0.15) is 12.0 Å². The van der Waals surface area contributed by atoms with Crippen LogP contribution in [0.5, 0.6) is 17.4 Å². The maximum absolute atomic E-state index is 12.6. The number of pyridine rings is 1. The molecule has 3 aromatic rings. The van der Waals surface area contributed by atoms with Crippen molar-refractivity contribution in [2.24, 2.45) is 7.05 Å². The minimum Gasteiger partial charge on any atom is -0.491 e. The molecule has 0 aliphatic heterocycles. The van der Waals surface area contributed by atoms with Crippen LogP contribution < -0.4 is 14.2 Å². The molecule has 0 amide bonds. The van der Waals surface area contributed by atoms with Gasteiger partial charge in [-0.1, -0.05) is 34.8 Å². The fourth-order valence-electron chi connectivity index (χ4n) is 2.87. The summed E-state index contributed by atoms with van der Waals surface area (Å²) in [7, 11) is 1.78. The number of ether oxygens (including phenoxy) is 3. The summed E-state index contributed by atoms with van der Waals surface area (Å²) in [5.74, 6) is 1.00. The third-order valence-electron chi connectivity index (χ3n) is 4.45. The first-order valence-corrected chi connectivity index (χ1v) is 11.0. The number of aryl methyl sites for hydroxylation is 1. The van der Waals surface area contributed by atoms with Gasteiger partial charge in [-0.15, -0.1) is 0 Å². The summed E-state index contributed by atoms with van der Waals surface area (Å²) in [5, 5.41) is 4.50. The Balaban J connectivity index is 1.64. The topological polar surface area (TPSA) is 58.4 Å². The van der Waals surface area contributed by atoms with Gasteiger partial charge in [0.2, 0.25) is 5.88 Å². The Hall–Kier alpha value is -2.62. The summed E-state index contributed by atoms with van der Waals surface area (Å²) in [6.07, 6.45) is -0.149. The lowest BCUT2D eigenvalue weighted by Crippen LogP contribution is -2.08. The second kappa shape index (κ2) is 11.7. The van der Waals surface area contributed by atoms with Crippen LogP contribution in [0.15, 0.2) is 53.3 Å². The molecule has 0 saturated carbocycles. The van der Waals surface area contributed by atoms with Gasteiger partial charge in [-0.3, -0.25) is 4.68 Å². The van der Waals surface area contributed by atoms with Gasteiger partial charge in [-0.25, -0.2) is 4.98 Å². The van der Waals surface area contributed by atoms with E-state index >= 15 is 0 Å². The Kier molecular flexibility index (Phi) is 8.93. The fourth-order valence-corrected chi connectivity index (χ4v) is 3.26. The lowest BCUT2D eigenvalue weighted by atomic mass is 10.1. The summed E-state index contributed by atoms with van der Waals surface area (Å²) in [6, 6.07) is 7.26. The van der Waals surface area contributed by atoms with Gasteiger partial charge in [0.25, 0.3) is 0 Å². The third-order valence-corrected chi connectivity index (χ3v) is 5.04. The van der Waals surface area contributed by atoms with Crippen molar-refractivity contribution in [1.82, 2.24) is 14.8 Å². The summed E-state index contributed by atoms with van der Waals surface area (Å²) in [4.78, 5) is 3.67. The molecule has 34 heavy (non-hydrogen) atoms. The predicted molar refractivity (Wildman–Crippen MR) is 124 cm³/mol. The average Bonchev–Trinajstić information content (AvgIpc) is 3.19. The Morgan fingerprint density at radius 2 is 1.85 bits per heavy atom. The van der Waals surface area contributed by atoms with E-state index < -0.39 is 11.7 Å². The first kappa shape index (κ1) is 26.0. The first-order chi connectivity index (χ1) is 16.1. The summed E-state index contributed by atoms with van der Waals surface area (Å²) in [5.41, 5.74) is 0.571. The molecule has 0 aliphatic rings. The van der Waals surface area contributed by atoms with Crippen LogP contribution in [0.4, 0.5) is 13.2 Å². The second-order valence-electron chi connectivity index (χ2n) is 6.86. The van der Waals surface area contributed by atoms with E-state index in [1.165, 1.54) is 12.1 Å². The van der Waals surface area contributed by atoms with E-state index in [0.717, 1.165) is 18.0 Å². The first-order valence-electron chi connectivity index (χ1n) is 9.90. The number of rotatable bonds is 10. The van der Waals surface area contributed by atoms with Crippen molar-refractivity contribution in [3.05, 3.63) is 63.9 Å². The highest BCUT2D eigenvalue weighted by Gasteiger charge is 2.30. The maximum atomic E-state index is 12.6. The van der Waals surface area contributed by atoms with Gasteiger partial charge in [-0.2, -0.15) is 18.3 Å². The molecule has 0 unspecified atom stereocenters. The smallest absolute Gasteiger partial charge is 0.417 e. The van der Waals surface area contributed by atoms with Gasteiger partial charge >= 0.3 is 6.18 Å². The highest BCUT2D eigenvalue weighted by Crippen LogP contribution is 2.40. The molecule has 0 atom stereocenters. The van der Waals surface area contributed by atoms with Crippen molar-refractivity contribution in [2.45, 2.75) is 12.6 Å². The molecular weight excluding hydrogens is 518 g/mol. The quantitative estimate of drug-likeness (QED) is 0.270. The Labute approximate surface area is 208 Å². The highest BCUT2D eigenvalue weighted by molar-refractivity contribution is 6.55. The van der Waals surface area contributed by atoms with E-state index in [-0.39, 0.29) is 30.2 Å². The number of halogens is 6. The number of aromatic nitrogens is 3. The average molecular weight is 537 g/mol. The molecule has 0 saturated heterocycles. The fraction of sp³-hybridized carbons (Fsp3) is 0.273. The molecule has 182 valence electrons. The zero-order valence-electron chi connectivity index (χ0n) is 17.8. The van der Waals surface area contributed by atoms with Gasteiger partial charge in [0.1, 0.15) is 22.6 Å². The second-order valence-corrected chi connectivity index (χ2v) is 8.28. The number of benzene rings is 1. The van der Waals surface area contributed by atoms with Crippen LogP contribution in [-0.4, -0.2) is 34.6 Å². The van der Waals surface area contributed by atoms with Gasteiger partial charge in [0.15, 0.2) is 0 Å². The van der Waals surface area contributed by atoms with Gasteiger partial charge in [-0.05, 0) is 24.3 Å². The Morgan fingerprint density at radius 1 is 1.09 bits per heavy atom. The maximum Gasteiger partial charge on any atom is 0.417 e. The summed E-state index contributed by atoms with van der Waals surface area (Å²) in [6.45, 7) is 0.568. The molecule has 0 bridgehead atoms. The molecule has 12 heteroatoms. The monoisotopic (exact) mass is 535 g/mol. The predicted octanol–water partition coefficient (Wildman–Crippen LogP) is 6.70. The van der Waals surface area contributed by atoms with Crippen molar-refractivity contribution in [3.63, 3.8) is 0 Å².